The molecule has 24 heavy (non-hydrogen) atoms. The lowest BCUT2D eigenvalue weighted by Gasteiger charge is -2.45. The van der Waals surface area contributed by atoms with E-state index in [1.165, 1.54) is 37.1 Å². The molecule has 0 radical (unpaired) electrons. The van der Waals surface area contributed by atoms with Crippen molar-refractivity contribution in [2.24, 2.45) is 22.7 Å². The second-order valence-corrected chi connectivity index (χ2v) is 9.94. The third kappa shape index (κ3) is 5.14. The molecular formula is C23H43N. The summed E-state index contributed by atoms with van der Waals surface area (Å²) in [7, 11) is 0. The summed E-state index contributed by atoms with van der Waals surface area (Å²) in [5, 5.41) is 0. The quantitative estimate of drug-likeness (QED) is 0.408. The Morgan fingerprint density at radius 1 is 1.08 bits per heavy atom. The van der Waals surface area contributed by atoms with E-state index in [0.717, 1.165) is 18.8 Å². The first-order valence-corrected chi connectivity index (χ1v) is 10.0. The van der Waals surface area contributed by atoms with Gasteiger partial charge in [-0.2, -0.15) is 0 Å². The van der Waals surface area contributed by atoms with Gasteiger partial charge in [-0.05, 0) is 48.3 Å². The van der Waals surface area contributed by atoms with E-state index in [0.29, 0.717) is 12.0 Å². The van der Waals surface area contributed by atoms with E-state index < -0.39 is 0 Å². The van der Waals surface area contributed by atoms with Crippen molar-refractivity contribution in [3.63, 3.8) is 0 Å². The van der Waals surface area contributed by atoms with E-state index in [4.69, 9.17) is 0 Å². The van der Waals surface area contributed by atoms with Crippen molar-refractivity contribution in [3.05, 3.63) is 24.4 Å². The fourth-order valence-electron chi connectivity index (χ4n) is 4.01. The van der Waals surface area contributed by atoms with Gasteiger partial charge < -0.3 is 4.90 Å². The van der Waals surface area contributed by atoms with Crippen LogP contribution in [0.5, 0.6) is 0 Å². The topological polar surface area (TPSA) is 3.24 Å². The Morgan fingerprint density at radius 2 is 1.62 bits per heavy atom. The van der Waals surface area contributed by atoms with Gasteiger partial charge in [-0.25, -0.2) is 0 Å². The van der Waals surface area contributed by atoms with E-state index in [1.807, 2.05) is 0 Å². The third-order valence-electron chi connectivity index (χ3n) is 6.62. The van der Waals surface area contributed by atoms with Crippen molar-refractivity contribution < 1.29 is 0 Å². The summed E-state index contributed by atoms with van der Waals surface area (Å²) in [5.41, 5.74) is 3.16. The van der Waals surface area contributed by atoms with Gasteiger partial charge in [0.05, 0.1) is 0 Å². The second kappa shape index (κ2) is 8.11. The molecule has 0 spiro atoms. The molecule has 0 aromatic heterocycles. The molecule has 1 heterocycles. The van der Waals surface area contributed by atoms with Crippen molar-refractivity contribution in [2.75, 3.05) is 6.54 Å². The second-order valence-electron chi connectivity index (χ2n) is 9.94. The van der Waals surface area contributed by atoms with Crippen LogP contribution in [0.15, 0.2) is 24.4 Å². The molecule has 1 rings (SSSR count). The maximum atomic E-state index is 4.52. The molecule has 0 aromatic rings. The Hall–Kier alpha value is -0.720. The first-order valence-electron chi connectivity index (χ1n) is 10.0. The van der Waals surface area contributed by atoms with Crippen LogP contribution in [0.4, 0.5) is 0 Å². The predicted octanol–water partition coefficient (Wildman–Crippen LogP) is 7.06. The first-order chi connectivity index (χ1) is 10.9. The van der Waals surface area contributed by atoms with Gasteiger partial charge >= 0.3 is 0 Å². The van der Waals surface area contributed by atoms with Gasteiger partial charge in [0.25, 0.3) is 0 Å². The van der Waals surface area contributed by atoms with E-state index >= 15 is 0 Å². The smallest absolute Gasteiger partial charge is 0.0289 e. The summed E-state index contributed by atoms with van der Waals surface area (Å²) in [4.78, 5) is 2.63. The molecule has 0 aliphatic carbocycles. The summed E-state index contributed by atoms with van der Waals surface area (Å²) >= 11 is 0. The number of rotatable bonds is 9. The summed E-state index contributed by atoms with van der Waals surface area (Å²) in [6, 6.07) is 0.710. The summed E-state index contributed by atoms with van der Waals surface area (Å²) in [6.07, 6.45) is 6.08. The largest absolute Gasteiger partial charge is 0.372 e. The average molecular weight is 334 g/mol. The molecule has 0 saturated carbocycles. The first kappa shape index (κ1) is 21.3. The molecule has 0 amide bonds. The zero-order chi connectivity index (χ0) is 18.7. The fraction of sp³-hybridized carbons (Fsp3) is 0.826. The number of allylic oxidation sites excluding steroid dienone is 2. The molecule has 1 fully saturated rings. The van der Waals surface area contributed by atoms with Gasteiger partial charge in [-0.3, -0.25) is 0 Å². The number of hydrogen-bond donors (Lipinski definition) is 0. The molecule has 0 aromatic carbocycles. The zero-order valence-electron chi connectivity index (χ0n) is 17.8. The van der Waals surface area contributed by atoms with Crippen LogP contribution in [0.1, 0.15) is 87.5 Å². The molecule has 140 valence electrons. The van der Waals surface area contributed by atoms with Crippen LogP contribution in [0.2, 0.25) is 0 Å². The van der Waals surface area contributed by atoms with Gasteiger partial charge in [0.15, 0.2) is 0 Å². The van der Waals surface area contributed by atoms with Crippen molar-refractivity contribution >= 4 is 0 Å². The molecule has 2 unspecified atom stereocenters. The lowest BCUT2D eigenvalue weighted by molar-refractivity contribution is 0.0946. The van der Waals surface area contributed by atoms with Crippen LogP contribution in [0, 0.1) is 22.7 Å². The monoisotopic (exact) mass is 333 g/mol. The normalized spacial score (nSPS) is 22.3. The average Bonchev–Trinajstić information content (AvgIpc) is 2.79. The Kier molecular flexibility index (Phi) is 7.20. The Morgan fingerprint density at radius 3 is 2.12 bits per heavy atom. The molecule has 1 saturated heterocycles. The molecule has 0 bridgehead atoms. The minimum atomic E-state index is 0.213. The molecule has 1 nitrogen and oxygen atoms in total. The Bertz CT molecular complexity index is 441. The zero-order valence-corrected chi connectivity index (χ0v) is 17.8. The third-order valence-corrected chi connectivity index (χ3v) is 6.62. The van der Waals surface area contributed by atoms with Crippen LogP contribution in [0.25, 0.3) is 0 Å². The van der Waals surface area contributed by atoms with Crippen LogP contribution in [-0.4, -0.2) is 17.5 Å². The minimum Gasteiger partial charge on any atom is -0.372 e. The van der Waals surface area contributed by atoms with Gasteiger partial charge in [0.1, 0.15) is 0 Å². The predicted molar refractivity (Wildman–Crippen MR) is 109 cm³/mol. The molecule has 1 aliphatic heterocycles. The van der Waals surface area contributed by atoms with Crippen molar-refractivity contribution in [2.45, 2.75) is 93.5 Å². The van der Waals surface area contributed by atoms with Crippen molar-refractivity contribution in [3.8, 4) is 0 Å². The SMILES string of the molecule is C=C(CC(C)(C)C(C)(C)CC(=C)N1CC(C)CC1CCC)C(C)C. The highest BCUT2D eigenvalue weighted by Crippen LogP contribution is 2.48. The Labute approximate surface area is 152 Å². The van der Waals surface area contributed by atoms with E-state index in [2.05, 4.69) is 73.4 Å². The van der Waals surface area contributed by atoms with Crippen LogP contribution in [-0.2, 0) is 0 Å². The lowest BCUT2D eigenvalue weighted by atomic mass is 9.62. The van der Waals surface area contributed by atoms with Crippen LogP contribution >= 0.6 is 0 Å². The van der Waals surface area contributed by atoms with E-state index in [1.54, 1.807) is 0 Å². The molecular weight excluding hydrogens is 290 g/mol. The van der Waals surface area contributed by atoms with Gasteiger partial charge in [-0.15, -0.1) is 0 Å². The summed E-state index contributed by atoms with van der Waals surface area (Å²) in [5.74, 6) is 1.37. The highest BCUT2D eigenvalue weighted by Gasteiger charge is 2.40. The van der Waals surface area contributed by atoms with Gasteiger partial charge in [-0.1, -0.05) is 80.5 Å². The maximum absolute atomic E-state index is 4.52. The van der Waals surface area contributed by atoms with Gasteiger partial charge in [0, 0.05) is 18.3 Å². The summed E-state index contributed by atoms with van der Waals surface area (Å²) < 4.78 is 0. The highest BCUT2D eigenvalue weighted by atomic mass is 15.2. The van der Waals surface area contributed by atoms with Crippen molar-refractivity contribution in [1.29, 1.82) is 0 Å². The molecule has 0 N–H and O–H groups in total. The molecule has 1 aliphatic rings. The lowest BCUT2D eigenvalue weighted by Crippen LogP contribution is -2.37. The number of likely N-dealkylation sites (tertiary alicyclic amines) is 1. The standard InChI is InChI=1S/C23H43N/c1-11-12-21-13-18(4)16-24(21)20(6)15-23(9,10)22(7,8)14-19(5)17(2)3/h17-18,21H,5-6,11-16H2,1-4,7-10H3. The van der Waals surface area contributed by atoms with Crippen LogP contribution < -0.4 is 0 Å². The Balaban J connectivity index is 2.80. The number of hydrogen-bond acceptors (Lipinski definition) is 1. The maximum Gasteiger partial charge on any atom is 0.0289 e. The fourth-order valence-corrected chi connectivity index (χ4v) is 4.01. The van der Waals surface area contributed by atoms with E-state index in [-0.39, 0.29) is 10.8 Å². The van der Waals surface area contributed by atoms with Crippen LogP contribution in [0.3, 0.4) is 0 Å². The summed E-state index contributed by atoms with van der Waals surface area (Å²) in [6.45, 7) is 28.9. The van der Waals surface area contributed by atoms with E-state index in [9.17, 15) is 0 Å². The molecule has 1 heteroatoms. The van der Waals surface area contributed by atoms with Gasteiger partial charge in [0.2, 0.25) is 0 Å². The minimum absolute atomic E-state index is 0.213. The highest BCUT2D eigenvalue weighted by molar-refractivity contribution is 5.09. The molecule has 2 atom stereocenters. The number of nitrogens with zero attached hydrogens (tertiary/aromatic N) is 1. The van der Waals surface area contributed by atoms with Crippen molar-refractivity contribution in [1.82, 2.24) is 4.90 Å².